The summed E-state index contributed by atoms with van der Waals surface area (Å²) in [5, 5.41) is 3.04. The molecule has 3 heterocycles. The Bertz CT molecular complexity index is 1270. The van der Waals surface area contributed by atoms with Crippen LogP contribution in [-0.4, -0.2) is 64.8 Å². The van der Waals surface area contributed by atoms with E-state index < -0.39 is 12.1 Å². The summed E-state index contributed by atoms with van der Waals surface area (Å²) in [6.07, 6.45) is 1.95. The molecule has 1 fully saturated rings. The SMILES string of the molecule is CCN1C(=O)NC(c2cccc(Oc3ccccc3)c2)C2=C1CN(C(C(=O)N1CCC(C)CC1)C(C)C)C2=O. The first-order valence-corrected chi connectivity index (χ1v) is 14.0. The number of urea groups is 1. The van der Waals surface area contributed by atoms with E-state index in [2.05, 4.69) is 12.2 Å². The molecule has 2 aromatic carbocycles. The molecule has 3 aliphatic rings. The van der Waals surface area contributed by atoms with Crippen LogP contribution in [0.25, 0.3) is 0 Å². The van der Waals surface area contributed by atoms with Crippen LogP contribution >= 0.6 is 0 Å². The molecule has 2 atom stereocenters. The van der Waals surface area contributed by atoms with Gasteiger partial charge in [0.05, 0.1) is 23.9 Å². The lowest BCUT2D eigenvalue weighted by Crippen LogP contribution is -2.54. The van der Waals surface area contributed by atoms with E-state index in [9.17, 15) is 14.4 Å². The van der Waals surface area contributed by atoms with Crippen LogP contribution in [0.5, 0.6) is 11.5 Å². The van der Waals surface area contributed by atoms with Gasteiger partial charge in [-0.15, -0.1) is 0 Å². The first-order valence-electron chi connectivity index (χ1n) is 14.0. The molecule has 8 nitrogen and oxygen atoms in total. The number of benzene rings is 2. The van der Waals surface area contributed by atoms with Gasteiger partial charge in [0, 0.05) is 19.6 Å². The molecule has 39 heavy (non-hydrogen) atoms. The number of ether oxygens (including phenoxy) is 1. The average molecular weight is 531 g/mol. The van der Waals surface area contributed by atoms with E-state index >= 15 is 0 Å². The molecule has 0 saturated carbocycles. The van der Waals surface area contributed by atoms with E-state index in [4.69, 9.17) is 4.74 Å². The van der Waals surface area contributed by atoms with Crippen molar-refractivity contribution in [1.82, 2.24) is 20.0 Å². The van der Waals surface area contributed by atoms with Gasteiger partial charge < -0.3 is 19.9 Å². The second kappa shape index (κ2) is 11.1. The Labute approximate surface area is 230 Å². The van der Waals surface area contributed by atoms with Crippen molar-refractivity contribution >= 4 is 17.8 Å². The molecule has 0 radical (unpaired) electrons. The van der Waals surface area contributed by atoms with Crippen LogP contribution in [0.2, 0.25) is 0 Å². The second-order valence-corrected chi connectivity index (χ2v) is 11.1. The highest BCUT2D eigenvalue weighted by atomic mass is 16.5. The van der Waals surface area contributed by atoms with Crippen LogP contribution in [-0.2, 0) is 9.59 Å². The molecule has 0 bridgehead atoms. The van der Waals surface area contributed by atoms with Crippen LogP contribution in [0.15, 0.2) is 65.9 Å². The molecule has 1 saturated heterocycles. The van der Waals surface area contributed by atoms with Crippen molar-refractivity contribution in [3.63, 3.8) is 0 Å². The molecule has 1 N–H and O–H groups in total. The van der Waals surface area contributed by atoms with Crippen LogP contribution in [0.1, 0.15) is 52.1 Å². The van der Waals surface area contributed by atoms with Crippen LogP contribution in [0.3, 0.4) is 0 Å². The normalized spacial score (nSPS) is 20.8. The molecular weight excluding hydrogens is 492 g/mol. The fourth-order valence-electron chi connectivity index (χ4n) is 5.90. The van der Waals surface area contributed by atoms with Gasteiger partial charge in [0.25, 0.3) is 5.91 Å². The standard InChI is InChI=1S/C31H38N4O4/c1-5-34-25-19-35(28(20(2)3)30(37)33-16-14-21(4)15-17-33)29(36)26(25)27(32-31(34)38)22-10-9-13-24(18-22)39-23-11-7-6-8-12-23/h6-13,18,20-21,27-28H,5,14-17,19H2,1-4H3,(H,32,38). The van der Waals surface area contributed by atoms with E-state index in [-0.39, 0.29) is 30.3 Å². The van der Waals surface area contributed by atoms with Gasteiger partial charge in [-0.25, -0.2) is 4.79 Å². The molecule has 2 aromatic rings. The second-order valence-electron chi connectivity index (χ2n) is 11.1. The number of para-hydroxylation sites is 1. The molecular formula is C31H38N4O4. The van der Waals surface area contributed by atoms with E-state index in [1.165, 1.54) is 0 Å². The van der Waals surface area contributed by atoms with Gasteiger partial charge in [-0.05, 0) is 61.4 Å². The number of carbonyl (C=O) groups is 3. The van der Waals surface area contributed by atoms with Crippen LogP contribution < -0.4 is 10.1 Å². The molecule has 2 unspecified atom stereocenters. The topological polar surface area (TPSA) is 82.2 Å². The first-order chi connectivity index (χ1) is 18.8. The van der Waals surface area contributed by atoms with Crippen molar-refractivity contribution in [3.8, 4) is 11.5 Å². The quantitative estimate of drug-likeness (QED) is 0.550. The van der Waals surface area contributed by atoms with Crippen molar-refractivity contribution in [2.45, 2.75) is 52.6 Å². The van der Waals surface area contributed by atoms with Gasteiger partial charge >= 0.3 is 6.03 Å². The minimum absolute atomic E-state index is 0.00207. The molecule has 206 valence electrons. The number of amides is 4. The summed E-state index contributed by atoms with van der Waals surface area (Å²) >= 11 is 0. The maximum atomic E-state index is 14.1. The lowest BCUT2D eigenvalue weighted by molar-refractivity contribution is -0.145. The summed E-state index contributed by atoms with van der Waals surface area (Å²) in [6.45, 7) is 10.2. The fourth-order valence-corrected chi connectivity index (χ4v) is 5.90. The lowest BCUT2D eigenvalue weighted by Gasteiger charge is -2.38. The summed E-state index contributed by atoms with van der Waals surface area (Å²) in [5.41, 5.74) is 1.96. The Hall–Kier alpha value is -3.81. The summed E-state index contributed by atoms with van der Waals surface area (Å²) < 4.78 is 6.03. The van der Waals surface area contributed by atoms with Gasteiger partial charge in [0.2, 0.25) is 5.91 Å². The molecule has 0 aromatic heterocycles. The fraction of sp³-hybridized carbons (Fsp3) is 0.452. The average Bonchev–Trinajstić information content (AvgIpc) is 3.25. The zero-order valence-corrected chi connectivity index (χ0v) is 23.2. The number of hydrogen-bond acceptors (Lipinski definition) is 4. The van der Waals surface area contributed by atoms with Gasteiger partial charge in [-0.1, -0.05) is 51.1 Å². The number of carbonyl (C=O) groups excluding carboxylic acids is 3. The third-order valence-corrected chi connectivity index (χ3v) is 8.05. The van der Waals surface area contributed by atoms with Crippen LogP contribution in [0, 0.1) is 11.8 Å². The van der Waals surface area contributed by atoms with Crippen molar-refractivity contribution in [3.05, 3.63) is 71.4 Å². The van der Waals surface area contributed by atoms with Gasteiger partial charge in [-0.3, -0.25) is 14.5 Å². The number of nitrogens with zero attached hydrogens (tertiary/aromatic N) is 3. The van der Waals surface area contributed by atoms with E-state index in [0.717, 1.165) is 31.5 Å². The maximum absolute atomic E-state index is 14.1. The number of likely N-dealkylation sites (N-methyl/N-ethyl adjacent to an activating group) is 1. The maximum Gasteiger partial charge on any atom is 0.322 e. The summed E-state index contributed by atoms with van der Waals surface area (Å²) in [6, 6.07) is 15.5. The summed E-state index contributed by atoms with van der Waals surface area (Å²) in [4.78, 5) is 46.3. The predicted molar refractivity (Wildman–Crippen MR) is 149 cm³/mol. The van der Waals surface area contributed by atoms with E-state index in [1.54, 1.807) is 9.80 Å². The van der Waals surface area contributed by atoms with Gasteiger partial charge in [0.15, 0.2) is 0 Å². The van der Waals surface area contributed by atoms with Crippen molar-refractivity contribution in [2.24, 2.45) is 11.8 Å². The molecule has 5 rings (SSSR count). The molecule has 3 aliphatic heterocycles. The highest BCUT2D eigenvalue weighted by Crippen LogP contribution is 2.39. The smallest absolute Gasteiger partial charge is 0.322 e. The largest absolute Gasteiger partial charge is 0.457 e. The Morgan fingerprint density at radius 1 is 1.03 bits per heavy atom. The minimum atomic E-state index is -0.633. The Morgan fingerprint density at radius 3 is 2.38 bits per heavy atom. The lowest BCUT2D eigenvalue weighted by atomic mass is 9.94. The predicted octanol–water partition coefficient (Wildman–Crippen LogP) is 4.94. The number of piperidine rings is 1. The number of hydrogen-bond donors (Lipinski definition) is 1. The minimum Gasteiger partial charge on any atom is -0.457 e. The third-order valence-electron chi connectivity index (χ3n) is 8.05. The Morgan fingerprint density at radius 2 is 1.72 bits per heavy atom. The monoisotopic (exact) mass is 530 g/mol. The summed E-state index contributed by atoms with van der Waals surface area (Å²) in [5.74, 6) is 1.66. The number of likely N-dealkylation sites (tertiary alicyclic amines) is 1. The highest BCUT2D eigenvalue weighted by molar-refractivity contribution is 6.03. The van der Waals surface area contributed by atoms with E-state index in [0.29, 0.717) is 35.2 Å². The highest BCUT2D eigenvalue weighted by Gasteiger charge is 2.48. The van der Waals surface area contributed by atoms with Crippen LogP contribution in [0.4, 0.5) is 4.79 Å². The number of nitrogens with one attached hydrogen (secondary N) is 1. The van der Waals surface area contributed by atoms with Crippen molar-refractivity contribution in [2.75, 3.05) is 26.2 Å². The summed E-state index contributed by atoms with van der Waals surface area (Å²) in [7, 11) is 0. The zero-order chi connectivity index (χ0) is 27.7. The number of rotatable bonds is 7. The van der Waals surface area contributed by atoms with Gasteiger partial charge in [-0.2, -0.15) is 0 Å². The van der Waals surface area contributed by atoms with Crippen molar-refractivity contribution < 1.29 is 19.1 Å². The zero-order valence-electron chi connectivity index (χ0n) is 23.2. The Kier molecular flexibility index (Phi) is 7.64. The van der Waals surface area contributed by atoms with Gasteiger partial charge in [0.1, 0.15) is 17.5 Å². The first kappa shape index (κ1) is 26.8. The van der Waals surface area contributed by atoms with E-state index in [1.807, 2.05) is 80.3 Å². The van der Waals surface area contributed by atoms with Crippen molar-refractivity contribution in [1.29, 1.82) is 0 Å². The Balaban J connectivity index is 1.46. The molecule has 0 spiro atoms. The molecule has 0 aliphatic carbocycles. The molecule has 8 heteroatoms. The molecule has 4 amide bonds. The third kappa shape index (κ3) is 5.24.